The molecule has 22 heavy (non-hydrogen) atoms. The number of rotatable bonds is 7. The Morgan fingerprint density at radius 1 is 1.09 bits per heavy atom. The van der Waals surface area contributed by atoms with Gasteiger partial charge < -0.3 is 4.74 Å². The standard InChI is InChI=1S/C19H20O3/c1-6-13-19(14-7-2,17(21)18(3,4)22-5)16(20)15-11-9-8-10-12-15/h1-2,8-12H,13-14H2,3-5H3. The van der Waals surface area contributed by atoms with Crippen molar-refractivity contribution in [2.75, 3.05) is 7.11 Å². The third-order valence-corrected chi connectivity index (χ3v) is 3.77. The summed E-state index contributed by atoms with van der Waals surface area (Å²) in [6, 6.07) is 8.56. The molecule has 0 aromatic heterocycles. The van der Waals surface area contributed by atoms with E-state index in [1.807, 2.05) is 0 Å². The fourth-order valence-electron chi connectivity index (χ4n) is 2.37. The van der Waals surface area contributed by atoms with Crippen LogP contribution in [0.1, 0.15) is 37.0 Å². The molecule has 0 heterocycles. The maximum Gasteiger partial charge on any atom is 0.179 e. The lowest BCUT2D eigenvalue weighted by molar-refractivity contribution is -0.145. The van der Waals surface area contributed by atoms with Gasteiger partial charge in [-0.25, -0.2) is 0 Å². The van der Waals surface area contributed by atoms with Gasteiger partial charge in [-0.3, -0.25) is 9.59 Å². The number of ketones is 2. The van der Waals surface area contributed by atoms with Gasteiger partial charge in [0.25, 0.3) is 0 Å². The highest BCUT2D eigenvalue weighted by molar-refractivity contribution is 6.17. The van der Waals surface area contributed by atoms with Crippen molar-refractivity contribution in [3.8, 4) is 24.7 Å². The normalized spacial score (nSPS) is 11.3. The first kappa shape index (κ1) is 17.7. The Labute approximate surface area is 132 Å². The number of hydrogen-bond acceptors (Lipinski definition) is 3. The van der Waals surface area contributed by atoms with Crippen molar-refractivity contribution in [1.82, 2.24) is 0 Å². The molecule has 0 atom stereocenters. The van der Waals surface area contributed by atoms with Crippen LogP contribution in [0.15, 0.2) is 30.3 Å². The molecule has 114 valence electrons. The van der Waals surface area contributed by atoms with Crippen molar-refractivity contribution < 1.29 is 14.3 Å². The van der Waals surface area contributed by atoms with Crippen LogP contribution in [-0.4, -0.2) is 24.3 Å². The molecular formula is C19H20O3. The predicted octanol–water partition coefficient (Wildman–Crippen LogP) is 2.90. The van der Waals surface area contributed by atoms with Gasteiger partial charge in [0.15, 0.2) is 11.6 Å². The molecule has 0 radical (unpaired) electrons. The lowest BCUT2D eigenvalue weighted by Gasteiger charge is -2.34. The van der Waals surface area contributed by atoms with E-state index >= 15 is 0 Å². The van der Waals surface area contributed by atoms with E-state index < -0.39 is 16.8 Å². The Morgan fingerprint density at radius 3 is 2.00 bits per heavy atom. The third kappa shape index (κ3) is 3.27. The lowest BCUT2D eigenvalue weighted by Crippen LogP contribution is -2.50. The van der Waals surface area contributed by atoms with E-state index in [1.165, 1.54) is 7.11 Å². The summed E-state index contributed by atoms with van der Waals surface area (Å²) in [7, 11) is 1.42. The molecule has 1 aromatic carbocycles. The van der Waals surface area contributed by atoms with Crippen LogP contribution in [0.4, 0.5) is 0 Å². The minimum absolute atomic E-state index is 0.0590. The molecule has 1 aromatic rings. The smallest absolute Gasteiger partial charge is 0.179 e. The molecule has 0 aliphatic heterocycles. The predicted molar refractivity (Wildman–Crippen MR) is 86.2 cm³/mol. The van der Waals surface area contributed by atoms with E-state index in [2.05, 4.69) is 11.8 Å². The van der Waals surface area contributed by atoms with Crippen LogP contribution in [0.3, 0.4) is 0 Å². The molecule has 0 amide bonds. The number of hydrogen-bond donors (Lipinski definition) is 0. The zero-order chi connectivity index (χ0) is 16.8. The molecule has 0 unspecified atom stereocenters. The van der Waals surface area contributed by atoms with E-state index in [9.17, 15) is 9.59 Å². The summed E-state index contributed by atoms with van der Waals surface area (Å²) in [5, 5.41) is 0. The van der Waals surface area contributed by atoms with Crippen molar-refractivity contribution >= 4 is 11.6 Å². The first-order valence-corrected chi connectivity index (χ1v) is 6.92. The van der Waals surface area contributed by atoms with Crippen molar-refractivity contribution in [2.24, 2.45) is 5.41 Å². The maximum absolute atomic E-state index is 13.0. The quantitative estimate of drug-likeness (QED) is 0.441. The van der Waals surface area contributed by atoms with Crippen LogP contribution in [0.2, 0.25) is 0 Å². The van der Waals surface area contributed by atoms with Crippen molar-refractivity contribution in [3.05, 3.63) is 35.9 Å². The molecular weight excluding hydrogens is 276 g/mol. The monoisotopic (exact) mass is 296 g/mol. The van der Waals surface area contributed by atoms with E-state index in [-0.39, 0.29) is 18.6 Å². The number of terminal acetylenes is 2. The number of carbonyl (C=O) groups is 2. The minimum atomic E-state index is -1.47. The van der Waals surface area contributed by atoms with Crippen molar-refractivity contribution in [2.45, 2.75) is 32.3 Å². The van der Waals surface area contributed by atoms with Crippen molar-refractivity contribution in [1.29, 1.82) is 0 Å². The highest BCUT2D eigenvalue weighted by atomic mass is 16.5. The maximum atomic E-state index is 13.0. The molecule has 0 bridgehead atoms. The average Bonchev–Trinajstić information content (AvgIpc) is 2.54. The van der Waals surface area contributed by atoms with Crippen LogP contribution < -0.4 is 0 Å². The first-order chi connectivity index (χ1) is 10.4. The Bertz CT molecular complexity index is 611. The van der Waals surface area contributed by atoms with Gasteiger partial charge in [0.05, 0.1) is 0 Å². The van der Waals surface area contributed by atoms with Crippen LogP contribution in [0.5, 0.6) is 0 Å². The van der Waals surface area contributed by atoms with Crippen LogP contribution >= 0.6 is 0 Å². The van der Waals surface area contributed by atoms with Crippen LogP contribution in [0.25, 0.3) is 0 Å². The van der Waals surface area contributed by atoms with Gasteiger partial charge in [-0.15, -0.1) is 24.7 Å². The van der Waals surface area contributed by atoms with Gasteiger partial charge in [0.1, 0.15) is 11.0 Å². The van der Waals surface area contributed by atoms with Crippen LogP contribution in [-0.2, 0) is 9.53 Å². The summed E-state index contributed by atoms with van der Waals surface area (Å²) in [6.07, 6.45) is 10.7. The summed E-state index contributed by atoms with van der Waals surface area (Å²) >= 11 is 0. The largest absolute Gasteiger partial charge is 0.371 e. The Balaban J connectivity index is 3.47. The molecule has 0 spiro atoms. The molecule has 0 aliphatic rings. The topological polar surface area (TPSA) is 43.4 Å². The average molecular weight is 296 g/mol. The van der Waals surface area contributed by atoms with Gasteiger partial charge in [0, 0.05) is 25.5 Å². The molecule has 0 N–H and O–H groups in total. The summed E-state index contributed by atoms with van der Waals surface area (Å²) in [5.74, 6) is 4.10. The molecule has 0 aliphatic carbocycles. The Kier molecular flexibility index (Phi) is 5.69. The number of ether oxygens (including phenoxy) is 1. The van der Waals surface area contributed by atoms with Gasteiger partial charge in [-0.2, -0.15) is 0 Å². The fourth-order valence-corrected chi connectivity index (χ4v) is 2.37. The van der Waals surface area contributed by atoms with Gasteiger partial charge >= 0.3 is 0 Å². The Hall–Kier alpha value is -2.36. The molecule has 0 fully saturated rings. The number of benzene rings is 1. The number of Topliss-reactive ketones (excluding diaryl/α,β-unsaturated/α-hetero) is 2. The van der Waals surface area contributed by atoms with E-state index in [4.69, 9.17) is 17.6 Å². The number of methoxy groups -OCH3 is 1. The summed E-state index contributed by atoms with van der Waals surface area (Å²) in [6.45, 7) is 3.21. The second-order valence-electron chi connectivity index (χ2n) is 5.58. The molecule has 1 rings (SSSR count). The van der Waals surface area contributed by atoms with Crippen LogP contribution in [0, 0.1) is 30.1 Å². The molecule has 3 heteroatoms. The van der Waals surface area contributed by atoms with E-state index in [0.717, 1.165) is 0 Å². The highest BCUT2D eigenvalue weighted by Gasteiger charge is 2.50. The summed E-state index contributed by atoms with van der Waals surface area (Å²) in [5.41, 5.74) is -2.21. The summed E-state index contributed by atoms with van der Waals surface area (Å²) < 4.78 is 5.25. The Morgan fingerprint density at radius 2 is 1.59 bits per heavy atom. The minimum Gasteiger partial charge on any atom is -0.371 e. The van der Waals surface area contributed by atoms with E-state index in [0.29, 0.717) is 5.56 Å². The van der Waals surface area contributed by atoms with Gasteiger partial charge in [-0.05, 0) is 13.8 Å². The SMILES string of the molecule is C#CCC(CC#C)(C(=O)c1ccccc1)C(=O)C(C)(C)OC. The molecule has 0 saturated carbocycles. The molecule has 3 nitrogen and oxygen atoms in total. The molecule has 0 saturated heterocycles. The van der Waals surface area contributed by atoms with E-state index in [1.54, 1.807) is 44.2 Å². The zero-order valence-corrected chi connectivity index (χ0v) is 13.2. The van der Waals surface area contributed by atoms with Crippen molar-refractivity contribution in [3.63, 3.8) is 0 Å². The third-order valence-electron chi connectivity index (χ3n) is 3.77. The second-order valence-corrected chi connectivity index (χ2v) is 5.58. The van der Waals surface area contributed by atoms with Gasteiger partial charge in [0.2, 0.25) is 0 Å². The lowest BCUT2D eigenvalue weighted by atomic mass is 9.68. The second kappa shape index (κ2) is 7.07. The first-order valence-electron chi connectivity index (χ1n) is 6.92. The summed E-state index contributed by atoms with van der Waals surface area (Å²) in [4.78, 5) is 26.0. The fraction of sp³-hybridized carbons (Fsp3) is 0.368. The number of carbonyl (C=O) groups excluding carboxylic acids is 2. The highest BCUT2D eigenvalue weighted by Crippen LogP contribution is 2.36. The zero-order valence-electron chi connectivity index (χ0n) is 13.2. The van der Waals surface area contributed by atoms with Gasteiger partial charge in [-0.1, -0.05) is 30.3 Å².